The molecule has 1 aliphatic rings. The molecule has 2 rings (SSSR count). The zero-order valence-corrected chi connectivity index (χ0v) is 13.7. The lowest BCUT2D eigenvalue weighted by Crippen LogP contribution is -2.43. The van der Waals surface area contributed by atoms with Crippen LogP contribution in [0.1, 0.15) is 39.5 Å². The van der Waals surface area contributed by atoms with E-state index in [1.807, 2.05) is 24.0 Å². The molecule has 1 saturated heterocycles. The monoisotopic (exact) mass is 306 g/mol. The van der Waals surface area contributed by atoms with Crippen molar-refractivity contribution in [1.82, 2.24) is 4.90 Å². The molecule has 0 atom stereocenters. The molecule has 0 aromatic heterocycles. The van der Waals surface area contributed by atoms with Crippen LogP contribution in [0, 0.1) is 11.7 Å². The first kappa shape index (κ1) is 16.8. The molecule has 1 aromatic rings. The van der Waals surface area contributed by atoms with E-state index in [9.17, 15) is 9.18 Å². The Labute approximate surface area is 133 Å². The fourth-order valence-electron chi connectivity index (χ4n) is 3.11. The van der Waals surface area contributed by atoms with Crippen LogP contribution < -0.4 is 4.90 Å². The summed E-state index contributed by atoms with van der Waals surface area (Å²) >= 11 is 0. The first-order chi connectivity index (χ1) is 10.7. The summed E-state index contributed by atoms with van der Waals surface area (Å²) in [6.45, 7) is 7.34. The molecule has 122 valence electrons. The van der Waals surface area contributed by atoms with Gasteiger partial charge in [0.2, 0.25) is 5.91 Å². The molecule has 1 fully saturated rings. The lowest BCUT2D eigenvalue weighted by molar-refractivity contribution is -0.136. The van der Waals surface area contributed by atoms with Gasteiger partial charge in [0, 0.05) is 32.1 Å². The number of halogens is 1. The van der Waals surface area contributed by atoms with E-state index in [4.69, 9.17) is 0 Å². The van der Waals surface area contributed by atoms with E-state index >= 15 is 0 Å². The molecule has 0 N–H and O–H groups in total. The van der Waals surface area contributed by atoms with Crippen molar-refractivity contribution >= 4 is 11.6 Å². The van der Waals surface area contributed by atoms with Crippen LogP contribution in [0.25, 0.3) is 0 Å². The van der Waals surface area contributed by atoms with Crippen molar-refractivity contribution in [2.45, 2.75) is 39.5 Å². The summed E-state index contributed by atoms with van der Waals surface area (Å²) in [5, 5.41) is 0. The summed E-state index contributed by atoms with van der Waals surface area (Å²) in [5.41, 5.74) is 0.659. The number of nitrogens with zero attached hydrogens (tertiary/aromatic N) is 2. The van der Waals surface area contributed by atoms with Gasteiger partial charge in [-0.15, -0.1) is 0 Å². The van der Waals surface area contributed by atoms with E-state index in [1.165, 1.54) is 6.07 Å². The average Bonchev–Trinajstić information content (AvgIpc) is 2.56. The lowest BCUT2D eigenvalue weighted by Gasteiger charge is -2.35. The third-order valence-electron chi connectivity index (χ3n) is 4.51. The van der Waals surface area contributed by atoms with E-state index in [0.717, 1.165) is 51.9 Å². The molecule has 22 heavy (non-hydrogen) atoms. The number of anilines is 1. The summed E-state index contributed by atoms with van der Waals surface area (Å²) in [6.07, 6.45) is 3.80. The lowest BCUT2D eigenvalue weighted by atomic mass is 9.94. The van der Waals surface area contributed by atoms with Crippen molar-refractivity contribution in [1.29, 1.82) is 0 Å². The third-order valence-corrected chi connectivity index (χ3v) is 4.51. The number of benzene rings is 1. The zero-order valence-electron chi connectivity index (χ0n) is 13.7. The molecule has 1 heterocycles. The molecular weight excluding hydrogens is 279 g/mol. The highest BCUT2D eigenvalue weighted by Crippen LogP contribution is 2.26. The SMILES string of the molecule is CCCCN(CC)C(=O)C1CCN(c2ccccc2F)CC1. The molecule has 0 saturated carbocycles. The van der Waals surface area contributed by atoms with Crippen LogP contribution in [0.5, 0.6) is 0 Å². The molecule has 0 unspecified atom stereocenters. The van der Waals surface area contributed by atoms with E-state index in [1.54, 1.807) is 6.07 Å². The maximum atomic E-state index is 13.8. The highest BCUT2D eigenvalue weighted by atomic mass is 19.1. The molecule has 0 aliphatic carbocycles. The Hall–Kier alpha value is -1.58. The normalized spacial score (nSPS) is 15.9. The molecule has 0 radical (unpaired) electrons. The predicted molar refractivity (Wildman–Crippen MR) is 88.5 cm³/mol. The summed E-state index contributed by atoms with van der Waals surface area (Å²) in [4.78, 5) is 16.6. The van der Waals surface area contributed by atoms with E-state index in [2.05, 4.69) is 11.8 Å². The molecule has 1 amide bonds. The topological polar surface area (TPSA) is 23.6 Å². The van der Waals surface area contributed by atoms with E-state index < -0.39 is 0 Å². The van der Waals surface area contributed by atoms with Gasteiger partial charge in [0.05, 0.1) is 5.69 Å². The Morgan fingerprint density at radius 2 is 1.95 bits per heavy atom. The number of carbonyl (C=O) groups excluding carboxylic acids is 1. The highest BCUT2D eigenvalue weighted by molar-refractivity contribution is 5.79. The van der Waals surface area contributed by atoms with Crippen LogP contribution in [0.4, 0.5) is 10.1 Å². The molecule has 0 spiro atoms. The number of piperidine rings is 1. The minimum absolute atomic E-state index is 0.0971. The average molecular weight is 306 g/mol. The fraction of sp³-hybridized carbons (Fsp3) is 0.611. The second kappa shape index (κ2) is 8.16. The van der Waals surface area contributed by atoms with E-state index in [-0.39, 0.29) is 17.6 Å². The standard InChI is InChI=1S/C18H27FN2O/c1-3-5-12-20(4-2)18(22)15-10-13-21(14-11-15)17-9-7-6-8-16(17)19/h6-9,15H,3-5,10-14H2,1-2H3. The number of amides is 1. The van der Waals surface area contributed by atoms with Gasteiger partial charge in [-0.05, 0) is 38.3 Å². The Kier molecular flexibility index (Phi) is 6.22. The largest absolute Gasteiger partial charge is 0.369 e. The number of hydrogen-bond acceptors (Lipinski definition) is 2. The number of hydrogen-bond donors (Lipinski definition) is 0. The summed E-state index contributed by atoms with van der Waals surface area (Å²) < 4.78 is 13.8. The first-order valence-electron chi connectivity index (χ1n) is 8.45. The van der Waals surface area contributed by atoms with Gasteiger partial charge in [0.25, 0.3) is 0 Å². The van der Waals surface area contributed by atoms with Gasteiger partial charge in [0.1, 0.15) is 5.82 Å². The summed E-state index contributed by atoms with van der Waals surface area (Å²) in [6, 6.07) is 6.88. The van der Waals surface area contributed by atoms with Gasteiger partial charge in [-0.1, -0.05) is 25.5 Å². The second-order valence-corrected chi connectivity index (χ2v) is 5.98. The van der Waals surface area contributed by atoms with Gasteiger partial charge >= 0.3 is 0 Å². The molecule has 3 nitrogen and oxygen atoms in total. The second-order valence-electron chi connectivity index (χ2n) is 5.98. The zero-order chi connectivity index (χ0) is 15.9. The van der Waals surface area contributed by atoms with E-state index in [0.29, 0.717) is 5.69 Å². The smallest absolute Gasteiger partial charge is 0.225 e. The minimum Gasteiger partial charge on any atom is -0.369 e. The maximum absolute atomic E-state index is 13.8. The van der Waals surface area contributed by atoms with Crippen molar-refractivity contribution in [3.63, 3.8) is 0 Å². The van der Waals surface area contributed by atoms with Crippen molar-refractivity contribution in [3.8, 4) is 0 Å². The van der Waals surface area contributed by atoms with Crippen molar-refractivity contribution in [3.05, 3.63) is 30.1 Å². The fourth-order valence-corrected chi connectivity index (χ4v) is 3.11. The predicted octanol–water partition coefficient (Wildman–Crippen LogP) is 3.69. The third kappa shape index (κ3) is 3.99. The van der Waals surface area contributed by atoms with Crippen LogP contribution in [0.3, 0.4) is 0 Å². The van der Waals surface area contributed by atoms with Crippen LogP contribution in [-0.2, 0) is 4.79 Å². The van der Waals surface area contributed by atoms with Gasteiger partial charge < -0.3 is 9.80 Å². The summed E-state index contributed by atoms with van der Waals surface area (Å²) in [5.74, 6) is 0.203. The van der Waals surface area contributed by atoms with Crippen LogP contribution in [0.15, 0.2) is 24.3 Å². The Balaban J connectivity index is 1.91. The van der Waals surface area contributed by atoms with Crippen molar-refractivity contribution in [2.75, 3.05) is 31.1 Å². The van der Waals surface area contributed by atoms with Gasteiger partial charge in [-0.2, -0.15) is 0 Å². The molecule has 4 heteroatoms. The van der Waals surface area contributed by atoms with Gasteiger partial charge in [-0.3, -0.25) is 4.79 Å². The molecule has 1 aromatic carbocycles. The molecule has 1 aliphatic heterocycles. The molecule has 0 bridgehead atoms. The van der Waals surface area contributed by atoms with Crippen LogP contribution in [0.2, 0.25) is 0 Å². The number of rotatable bonds is 6. The quantitative estimate of drug-likeness (QED) is 0.800. The number of para-hydroxylation sites is 1. The van der Waals surface area contributed by atoms with Gasteiger partial charge in [0.15, 0.2) is 0 Å². The Bertz CT molecular complexity index is 484. The Morgan fingerprint density at radius 1 is 1.27 bits per heavy atom. The Morgan fingerprint density at radius 3 is 2.55 bits per heavy atom. The van der Waals surface area contributed by atoms with Crippen LogP contribution in [-0.4, -0.2) is 37.0 Å². The maximum Gasteiger partial charge on any atom is 0.225 e. The van der Waals surface area contributed by atoms with Gasteiger partial charge in [-0.25, -0.2) is 4.39 Å². The summed E-state index contributed by atoms with van der Waals surface area (Å²) in [7, 11) is 0. The van der Waals surface area contributed by atoms with Crippen LogP contribution >= 0.6 is 0 Å². The minimum atomic E-state index is -0.176. The van der Waals surface area contributed by atoms with Crippen molar-refractivity contribution in [2.24, 2.45) is 5.92 Å². The first-order valence-corrected chi connectivity index (χ1v) is 8.45. The number of unbranched alkanes of at least 4 members (excludes halogenated alkanes) is 1. The molecular formula is C18H27FN2O. The highest BCUT2D eigenvalue weighted by Gasteiger charge is 2.28. The number of carbonyl (C=O) groups is 1. The van der Waals surface area contributed by atoms with Crippen molar-refractivity contribution < 1.29 is 9.18 Å².